The van der Waals surface area contributed by atoms with E-state index in [2.05, 4.69) is 30.5 Å². The number of anilines is 3. The fraction of sp³-hybridized carbons (Fsp3) is 0.308. The molecule has 0 radical (unpaired) electrons. The Morgan fingerprint density at radius 1 is 1.05 bits per heavy atom. The molecule has 0 atom stereocenters. The predicted octanol–water partition coefficient (Wildman–Crippen LogP) is 3.87. The fourth-order valence-corrected chi connectivity index (χ4v) is 4.55. The van der Waals surface area contributed by atoms with Gasteiger partial charge in [-0.05, 0) is 38.1 Å². The molecule has 11 heteroatoms. The summed E-state index contributed by atoms with van der Waals surface area (Å²) in [7, 11) is 1.61. The molecular weight excluding hydrogens is 480 g/mol. The molecule has 2 aromatic heterocycles. The van der Waals surface area contributed by atoms with Crippen LogP contribution in [0, 0.1) is 11.6 Å². The van der Waals surface area contributed by atoms with Gasteiger partial charge in [-0.2, -0.15) is 0 Å². The van der Waals surface area contributed by atoms with Crippen molar-refractivity contribution in [3.05, 3.63) is 64.7 Å². The third kappa shape index (κ3) is 4.82. The second-order valence-corrected chi connectivity index (χ2v) is 9.02. The van der Waals surface area contributed by atoms with Gasteiger partial charge >= 0.3 is 0 Å². The van der Waals surface area contributed by atoms with Crippen LogP contribution in [0.5, 0.6) is 5.75 Å². The molecule has 3 heterocycles. The van der Waals surface area contributed by atoms with Crippen molar-refractivity contribution in [2.24, 2.45) is 0 Å². The molecule has 0 saturated carbocycles. The highest BCUT2D eigenvalue weighted by atomic mass is 19.1. The van der Waals surface area contributed by atoms with E-state index in [9.17, 15) is 13.6 Å². The lowest BCUT2D eigenvalue weighted by Gasteiger charge is -2.30. The molecule has 1 aliphatic rings. The maximum Gasteiger partial charge on any atom is 0.269 e. The minimum absolute atomic E-state index is 0.0292. The molecule has 2 N–H and O–H groups in total. The van der Waals surface area contributed by atoms with Crippen molar-refractivity contribution in [1.29, 1.82) is 0 Å². The first-order valence-electron chi connectivity index (χ1n) is 12.0. The SMILES string of the molecule is COc1cc(Nc2ncc(F)c(-c3cc(F)c4ncc(=O)n(C(C)C)c4c3)n2)ccc1N1CCNCC1. The lowest BCUT2D eigenvalue weighted by Crippen LogP contribution is -2.43. The summed E-state index contributed by atoms with van der Waals surface area (Å²) in [5.41, 5.74) is 1.61. The van der Waals surface area contributed by atoms with Gasteiger partial charge in [-0.15, -0.1) is 0 Å². The molecule has 9 nitrogen and oxygen atoms in total. The van der Waals surface area contributed by atoms with Crippen LogP contribution in [0.4, 0.5) is 26.1 Å². The second kappa shape index (κ2) is 10.1. The van der Waals surface area contributed by atoms with E-state index in [-0.39, 0.29) is 39.8 Å². The summed E-state index contributed by atoms with van der Waals surface area (Å²) in [5, 5.41) is 6.40. The number of rotatable bonds is 6. The smallest absolute Gasteiger partial charge is 0.269 e. The number of piperazine rings is 1. The maximum atomic E-state index is 15.0. The lowest BCUT2D eigenvalue weighted by atomic mass is 10.1. The van der Waals surface area contributed by atoms with Crippen LogP contribution < -0.4 is 25.8 Å². The number of halogens is 2. The monoisotopic (exact) mass is 507 g/mol. The van der Waals surface area contributed by atoms with Gasteiger partial charge in [-0.25, -0.2) is 23.7 Å². The first-order valence-corrected chi connectivity index (χ1v) is 12.0. The third-order valence-corrected chi connectivity index (χ3v) is 6.27. The maximum absolute atomic E-state index is 15.0. The summed E-state index contributed by atoms with van der Waals surface area (Å²) < 4.78 is 36.9. The predicted molar refractivity (Wildman–Crippen MR) is 139 cm³/mol. The Labute approximate surface area is 212 Å². The van der Waals surface area contributed by atoms with Crippen molar-refractivity contribution < 1.29 is 13.5 Å². The summed E-state index contributed by atoms with van der Waals surface area (Å²) >= 11 is 0. The van der Waals surface area contributed by atoms with Crippen molar-refractivity contribution in [3.63, 3.8) is 0 Å². The first-order chi connectivity index (χ1) is 17.9. The van der Waals surface area contributed by atoms with Crippen LogP contribution in [0.25, 0.3) is 22.3 Å². The van der Waals surface area contributed by atoms with E-state index >= 15 is 0 Å². The number of nitrogens with zero attached hydrogens (tertiary/aromatic N) is 5. The second-order valence-electron chi connectivity index (χ2n) is 9.02. The van der Waals surface area contributed by atoms with Crippen molar-refractivity contribution >= 4 is 28.4 Å². The molecule has 0 unspecified atom stereocenters. The van der Waals surface area contributed by atoms with E-state index in [1.165, 1.54) is 10.6 Å². The number of methoxy groups -OCH3 is 1. The molecule has 0 aliphatic carbocycles. The Kier molecular flexibility index (Phi) is 6.70. The molecule has 0 bridgehead atoms. The highest BCUT2D eigenvalue weighted by Crippen LogP contribution is 2.33. The lowest BCUT2D eigenvalue weighted by molar-refractivity contribution is 0.413. The van der Waals surface area contributed by atoms with Gasteiger partial charge in [0.25, 0.3) is 5.56 Å². The molecule has 4 aromatic rings. The molecule has 1 saturated heterocycles. The Balaban J connectivity index is 1.51. The quantitative estimate of drug-likeness (QED) is 0.406. The third-order valence-electron chi connectivity index (χ3n) is 6.27. The molecule has 0 amide bonds. The standard InChI is InChI=1S/C26H27F2N7O2/c1-15(2)35-21-11-16(10-18(27)25(21)30-14-23(35)36)24-19(28)13-31-26(33-24)32-17-4-5-20(22(12-17)37-3)34-8-6-29-7-9-34/h4-5,10-15,29H,6-9H2,1-3H3,(H,31,32,33). The van der Waals surface area contributed by atoms with Gasteiger partial charge in [-0.3, -0.25) is 4.79 Å². The molecular formula is C26H27F2N7O2. The van der Waals surface area contributed by atoms with E-state index in [0.717, 1.165) is 50.3 Å². The van der Waals surface area contributed by atoms with E-state index < -0.39 is 11.6 Å². The summed E-state index contributed by atoms with van der Waals surface area (Å²) in [6, 6.07) is 8.08. The average Bonchev–Trinajstić information content (AvgIpc) is 2.89. The van der Waals surface area contributed by atoms with Crippen molar-refractivity contribution in [3.8, 4) is 17.0 Å². The molecule has 1 aliphatic heterocycles. The van der Waals surface area contributed by atoms with Crippen LogP contribution in [0.2, 0.25) is 0 Å². The van der Waals surface area contributed by atoms with Gasteiger partial charge in [0.05, 0.1) is 30.7 Å². The summed E-state index contributed by atoms with van der Waals surface area (Å²) in [6.07, 6.45) is 2.11. The largest absolute Gasteiger partial charge is 0.495 e. The van der Waals surface area contributed by atoms with Crippen LogP contribution in [0.3, 0.4) is 0 Å². The van der Waals surface area contributed by atoms with Gasteiger partial charge < -0.3 is 24.8 Å². The number of hydrogen-bond donors (Lipinski definition) is 2. The molecule has 192 valence electrons. The molecule has 2 aromatic carbocycles. The van der Waals surface area contributed by atoms with E-state index in [1.54, 1.807) is 21.0 Å². The number of fused-ring (bicyclic) bond motifs is 1. The number of hydrogen-bond acceptors (Lipinski definition) is 8. The van der Waals surface area contributed by atoms with Gasteiger partial charge in [0.15, 0.2) is 11.6 Å². The average molecular weight is 508 g/mol. The van der Waals surface area contributed by atoms with E-state index in [1.807, 2.05) is 18.2 Å². The van der Waals surface area contributed by atoms with Gasteiger partial charge in [0.2, 0.25) is 5.95 Å². The minimum atomic E-state index is -0.724. The topological polar surface area (TPSA) is 97.2 Å². The van der Waals surface area contributed by atoms with Gasteiger partial charge in [0, 0.05) is 49.5 Å². The summed E-state index contributed by atoms with van der Waals surface area (Å²) in [5.74, 6) is -0.591. The molecule has 37 heavy (non-hydrogen) atoms. The Morgan fingerprint density at radius 2 is 1.84 bits per heavy atom. The Hall–Kier alpha value is -4.12. The summed E-state index contributed by atoms with van der Waals surface area (Å²) in [4.78, 5) is 26.9. The zero-order valence-corrected chi connectivity index (χ0v) is 20.8. The molecule has 1 fully saturated rings. The Morgan fingerprint density at radius 3 is 2.57 bits per heavy atom. The van der Waals surface area contributed by atoms with E-state index in [0.29, 0.717) is 11.4 Å². The van der Waals surface area contributed by atoms with Gasteiger partial charge in [0.1, 0.15) is 17.0 Å². The highest BCUT2D eigenvalue weighted by molar-refractivity contribution is 5.82. The number of ether oxygens (including phenoxy) is 1. The fourth-order valence-electron chi connectivity index (χ4n) is 4.55. The van der Waals surface area contributed by atoms with Crippen LogP contribution >= 0.6 is 0 Å². The van der Waals surface area contributed by atoms with Crippen molar-refractivity contribution in [2.75, 3.05) is 43.5 Å². The zero-order valence-electron chi connectivity index (χ0n) is 20.8. The normalized spacial score (nSPS) is 13.8. The van der Waals surface area contributed by atoms with Crippen LogP contribution in [-0.2, 0) is 0 Å². The number of benzene rings is 2. The molecule has 0 spiro atoms. The first kappa shape index (κ1) is 24.6. The van der Waals surface area contributed by atoms with Crippen molar-refractivity contribution in [1.82, 2.24) is 24.8 Å². The Bertz CT molecular complexity index is 1520. The zero-order chi connectivity index (χ0) is 26.1. The highest BCUT2D eigenvalue weighted by Gasteiger charge is 2.18. The van der Waals surface area contributed by atoms with Crippen molar-refractivity contribution in [2.45, 2.75) is 19.9 Å². The van der Waals surface area contributed by atoms with Crippen LogP contribution in [-0.4, -0.2) is 52.8 Å². The van der Waals surface area contributed by atoms with Crippen LogP contribution in [0.1, 0.15) is 19.9 Å². The van der Waals surface area contributed by atoms with Gasteiger partial charge in [-0.1, -0.05) is 0 Å². The molecule has 5 rings (SSSR count). The number of nitrogens with one attached hydrogen (secondary N) is 2. The van der Waals surface area contributed by atoms with E-state index in [4.69, 9.17) is 4.74 Å². The number of aromatic nitrogens is 4. The summed E-state index contributed by atoms with van der Waals surface area (Å²) in [6.45, 7) is 7.15. The minimum Gasteiger partial charge on any atom is -0.495 e. The van der Waals surface area contributed by atoms with Crippen LogP contribution in [0.15, 0.2) is 47.5 Å².